The molecule has 2 aromatic heterocycles. The van der Waals surface area contributed by atoms with Gasteiger partial charge in [-0.2, -0.15) is 11.8 Å². The van der Waals surface area contributed by atoms with E-state index in [0.29, 0.717) is 16.0 Å². The highest BCUT2D eigenvalue weighted by molar-refractivity contribution is 7.99. The number of amides is 1. The van der Waals surface area contributed by atoms with Gasteiger partial charge in [0.25, 0.3) is 5.56 Å². The zero-order valence-electron chi connectivity index (χ0n) is 12.4. The van der Waals surface area contributed by atoms with Crippen LogP contribution >= 0.6 is 34.9 Å². The molecular formula is C13H15N5O2S3. The van der Waals surface area contributed by atoms with Gasteiger partial charge in [-0.1, -0.05) is 30.0 Å². The highest BCUT2D eigenvalue weighted by Crippen LogP contribution is 2.26. The van der Waals surface area contributed by atoms with E-state index in [-0.39, 0.29) is 17.2 Å². The summed E-state index contributed by atoms with van der Waals surface area (Å²) in [7, 11) is 0. The van der Waals surface area contributed by atoms with Crippen molar-refractivity contribution in [3.8, 4) is 0 Å². The van der Waals surface area contributed by atoms with Crippen LogP contribution in [0.4, 0.5) is 5.13 Å². The fraction of sp³-hybridized carbons (Fsp3) is 0.462. The van der Waals surface area contributed by atoms with Crippen molar-refractivity contribution in [2.24, 2.45) is 0 Å². The summed E-state index contributed by atoms with van der Waals surface area (Å²) in [6.45, 7) is 2.07. The van der Waals surface area contributed by atoms with E-state index in [9.17, 15) is 9.59 Å². The first-order chi connectivity index (χ1) is 11.2. The number of carbonyl (C=O) groups is 1. The topological polar surface area (TPSA) is 101 Å². The van der Waals surface area contributed by atoms with Gasteiger partial charge >= 0.3 is 0 Å². The Bertz CT molecular complexity index is 773. The first kappa shape index (κ1) is 16.5. The van der Waals surface area contributed by atoms with Gasteiger partial charge in [0, 0.05) is 23.5 Å². The number of H-pyrrole nitrogens is 1. The average Bonchev–Trinajstić information content (AvgIpc) is 3.15. The summed E-state index contributed by atoms with van der Waals surface area (Å²) in [5.41, 5.74) is 1.48. The smallest absolute Gasteiger partial charge is 0.255 e. The summed E-state index contributed by atoms with van der Waals surface area (Å²) in [6, 6.07) is 0. The summed E-state index contributed by atoms with van der Waals surface area (Å²) in [4.78, 5) is 31.0. The molecule has 3 rings (SSSR count). The molecule has 0 saturated heterocycles. The normalized spacial score (nSPS) is 13.1. The molecule has 10 heteroatoms. The van der Waals surface area contributed by atoms with Crippen molar-refractivity contribution in [2.45, 2.75) is 36.4 Å². The molecule has 23 heavy (non-hydrogen) atoms. The lowest BCUT2D eigenvalue weighted by molar-refractivity contribution is -0.113. The standard InChI is InChI=1S/C13H15N5O2S3/c1-2-3-10-17-18-13(23-10)15-9(19)6-22-12-14-8-5-21-4-7(8)11(20)16-12/h2-6H2,1H3,(H,14,16,20)(H,15,18,19). The van der Waals surface area contributed by atoms with Crippen molar-refractivity contribution in [3.63, 3.8) is 0 Å². The van der Waals surface area contributed by atoms with Crippen molar-refractivity contribution in [1.82, 2.24) is 20.2 Å². The molecule has 0 radical (unpaired) electrons. The zero-order valence-corrected chi connectivity index (χ0v) is 14.9. The number of thioether (sulfide) groups is 2. The van der Waals surface area contributed by atoms with Gasteiger partial charge in [-0.05, 0) is 6.42 Å². The van der Waals surface area contributed by atoms with Gasteiger partial charge in [-0.25, -0.2) is 4.98 Å². The van der Waals surface area contributed by atoms with Gasteiger partial charge in [0.05, 0.1) is 11.4 Å². The lowest BCUT2D eigenvalue weighted by atomic mass is 10.3. The van der Waals surface area contributed by atoms with E-state index >= 15 is 0 Å². The third-order valence-corrected chi connectivity index (χ3v) is 5.82. The third-order valence-electron chi connectivity index (χ3n) is 3.08. The van der Waals surface area contributed by atoms with Crippen LogP contribution in [0.1, 0.15) is 29.6 Å². The van der Waals surface area contributed by atoms with E-state index in [4.69, 9.17) is 0 Å². The fourth-order valence-corrected chi connectivity index (χ4v) is 4.59. The molecule has 3 heterocycles. The largest absolute Gasteiger partial charge is 0.301 e. The predicted molar refractivity (Wildman–Crippen MR) is 93.1 cm³/mol. The van der Waals surface area contributed by atoms with E-state index < -0.39 is 0 Å². The SMILES string of the molecule is CCCc1nnc(NC(=O)CSc2nc3c(c(=O)[nH]2)CSC3)s1. The molecule has 0 fully saturated rings. The van der Waals surface area contributed by atoms with Crippen LogP contribution in [-0.2, 0) is 22.7 Å². The second-order valence-corrected chi connectivity index (χ2v) is 7.89. The molecule has 122 valence electrons. The Kier molecular flexibility index (Phi) is 5.34. The van der Waals surface area contributed by atoms with E-state index in [1.54, 1.807) is 11.8 Å². The number of carbonyl (C=O) groups excluding carboxylic acids is 1. The number of hydrogen-bond donors (Lipinski definition) is 2. The number of hydrogen-bond acceptors (Lipinski definition) is 8. The molecule has 2 N–H and O–H groups in total. The highest BCUT2D eigenvalue weighted by Gasteiger charge is 2.18. The molecule has 0 saturated carbocycles. The molecule has 0 aliphatic carbocycles. The summed E-state index contributed by atoms with van der Waals surface area (Å²) in [5, 5.41) is 12.6. The zero-order chi connectivity index (χ0) is 16.2. The monoisotopic (exact) mass is 369 g/mol. The third kappa shape index (κ3) is 4.12. The van der Waals surface area contributed by atoms with Gasteiger partial charge in [0.2, 0.25) is 11.0 Å². The Morgan fingerprint density at radius 1 is 1.39 bits per heavy atom. The first-order valence-corrected chi connectivity index (χ1v) is 10.1. The van der Waals surface area contributed by atoms with Gasteiger partial charge in [0.15, 0.2) is 5.16 Å². The average molecular weight is 369 g/mol. The lowest BCUT2D eigenvalue weighted by Gasteiger charge is -2.03. The maximum atomic E-state index is 12.0. The van der Waals surface area contributed by atoms with Crippen molar-refractivity contribution in [3.05, 3.63) is 26.6 Å². The Hall–Kier alpha value is -1.39. The molecule has 0 unspecified atom stereocenters. The molecule has 2 aromatic rings. The van der Waals surface area contributed by atoms with Crippen molar-refractivity contribution in [2.75, 3.05) is 11.1 Å². The van der Waals surface area contributed by atoms with Crippen LogP contribution in [0, 0.1) is 0 Å². The number of fused-ring (bicyclic) bond motifs is 1. The summed E-state index contributed by atoms with van der Waals surface area (Å²) in [6.07, 6.45) is 1.86. The maximum Gasteiger partial charge on any atom is 0.255 e. The molecule has 0 atom stereocenters. The summed E-state index contributed by atoms with van der Waals surface area (Å²) < 4.78 is 0. The molecule has 1 aliphatic rings. The van der Waals surface area contributed by atoms with Gasteiger partial charge < -0.3 is 4.98 Å². The summed E-state index contributed by atoms with van der Waals surface area (Å²) in [5.74, 6) is 1.44. The Balaban J connectivity index is 1.56. The minimum Gasteiger partial charge on any atom is -0.301 e. The molecule has 1 aliphatic heterocycles. The summed E-state index contributed by atoms with van der Waals surface area (Å²) >= 11 is 4.27. The number of anilines is 1. The van der Waals surface area contributed by atoms with Gasteiger partial charge in [0.1, 0.15) is 5.01 Å². The number of nitrogens with zero attached hydrogens (tertiary/aromatic N) is 3. The second-order valence-electron chi connectivity index (χ2n) is 4.88. The number of aromatic nitrogens is 4. The first-order valence-electron chi connectivity index (χ1n) is 7.10. The quantitative estimate of drug-likeness (QED) is 0.593. The molecule has 0 spiro atoms. The van der Waals surface area contributed by atoms with Crippen LogP contribution in [0.3, 0.4) is 0 Å². The number of nitrogens with one attached hydrogen (secondary N) is 2. The highest BCUT2D eigenvalue weighted by atomic mass is 32.2. The second kappa shape index (κ2) is 7.45. The lowest BCUT2D eigenvalue weighted by Crippen LogP contribution is -2.17. The van der Waals surface area contributed by atoms with E-state index in [1.165, 1.54) is 23.1 Å². The Labute approximate surface area is 145 Å². The van der Waals surface area contributed by atoms with Crippen LogP contribution in [0.15, 0.2) is 9.95 Å². The van der Waals surface area contributed by atoms with Crippen molar-refractivity contribution >= 4 is 45.9 Å². The van der Waals surface area contributed by atoms with Crippen LogP contribution < -0.4 is 10.9 Å². The number of rotatable bonds is 6. The Morgan fingerprint density at radius 3 is 3.09 bits per heavy atom. The molecular weight excluding hydrogens is 354 g/mol. The molecule has 7 nitrogen and oxygen atoms in total. The molecule has 0 bridgehead atoms. The number of aromatic amines is 1. The molecule has 1 amide bonds. The van der Waals surface area contributed by atoms with E-state index in [0.717, 1.165) is 34.9 Å². The minimum absolute atomic E-state index is 0.101. The predicted octanol–water partition coefficient (Wildman–Crippen LogP) is 2.05. The van der Waals surface area contributed by atoms with Crippen molar-refractivity contribution < 1.29 is 4.79 Å². The maximum absolute atomic E-state index is 12.0. The minimum atomic E-state index is -0.188. The van der Waals surface area contributed by atoms with Crippen LogP contribution in [-0.4, -0.2) is 31.8 Å². The fourth-order valence-electron chi connectivity index (χ4n) is 2.02. The van der Waals surface area contributed by atoms with Crippen LogP contribution in [0.2, 0.25) is 0 Å². The van der Waals surface area contributed by atoms with Crippen molar-refractivity contribution in [1.29, 1.82) is 0 Å². The van der Waals surface area contributed by atoms with Crippen LogP contribution in [0.5, 0.6) is 0 Å². The molecule has 0 aromatic carbocycles. The van der Waals surface area contributed by atoms with E-state index in [1.807, 2.05) is 0 Å². The van der Waals surface area contributed by atoms with Gasteiger partial charge in [-0.3, -0.25) is 14.9 Å². The van der Waals surface area contributed by atoms with Crippen LogP contribution in [0.25, 0.3) is 0 Å². The van der Waals surface area contributed by atoms with E-state index in [2.05, 4.69) is 32.4 Å². The number of aryl methyl sites for hydroxylation is 1. The Morgan fingerprint density at radius 2 is 2.26 bits per heavy atom. The van der Waals surface area contributed by atoms with Gasteiger partial charge in [-0.15, -0.1) is 10.2 Å².